The van der Waals surface area contributed by atoms with Gasteiger partial charge in [-0.1, -0.05) is 60.7 Å². The number of allylic oxidation sites excluding steroid dienone is 6. The molecule has 1 rings (SSSR count). The van der Waals surface area contributed by atoms with E-state index >= 15 is 0 Å². The Hall–Kier alpha value is -1.09. The van der Waals surface area contributed by atoms with Gasteiger partial charge >= 0.3 is 0 Å². The minimum Gasteiger partial charge on any atom is -0.0990 e. The zero-order chi connectivity index (χ0) is 12.7. The monoisotopic (exact) mass is 336 g/mol. The van der Waals surface area contributed by atoms with E-state index in [0.717, 1.165) is 5.57 Å². The average Bonchev–Trinajstić information content (AvgIpc) is 2.30. The summed E-state index contributed by atoms with van der Waals surface area (Å²) >= 11 is 2.37. The van der Waals surface area contributed by atoms with Crippen molar-refractivity contribution in [3.63, 3.8) is 0 Å². The third kappa shape index (κ3) is 4.73. The first-order chi connectivity index (χ1) is 8.17. The van der Waals surface area contributed by atoms with Crippen LogP contribution < -0.4 is 0 Å². The molecule has 0 amide bonds. The normalized spacial score (nSPS) is 13.1. The molecule has 0 unspecified atom stereocenters. The SMILES string of the molecule is C=C/C=C(\C=C/C)/C=C(\I)c1ccc(C)cc1. The highest BCUT2D eigenvalue weighted by molar-refractivity contribution is 14.1. The number of halogens is 1. The Morgan fingerprint density at radius 3 is 2.41 bits per heavy atom. The Bertz CT molecular complexity index is 459. The smallest absolute Gasteiger partial charge is 0.0208 e. The Morgan fingerprint density at radius 2 is 1.88 bits per heavy atom. The lowest BCUT2D eigenvalue weighted by Gasteiger charge is -2.01. The molecule has 0 atom stereocenters. The molecule has 1 aromatic rings. The van der Waals surface area contributed by atoms with Crippen molar-refractivity contribution in [1.29, 1.82) is 0 Å². The van der Waals surface area contributed by atoms with Crippen LogP contribution in [-0.4, -0.2) is 0 Å². The lowest BCUT2D eigenvalue weighted by atomic mass is 10.1. The van der Waals surface area contributed by atoms with Crippen LogP contribution in [0.4, 0.5) is 0 Å². The predicted octanol–water partition coefficient (Wildman–Crippen LogP) is 5.46. The standard InChI is InChI=1S/C16H17I/c1-4-6-14(7-5-2)12-16(17)15-10-8-13(3)9-11-15/h4-12H,1H2,2-3H3/b7-5-,14-6+,16-12-. The van der Waals surface area contributed by atoms with Crippen molar-refractivity contribution in [3.05, 3.63) is 77.9 Å². The van der Waals surface area contributed by atoms with Crippen molar-refractivity contribution in [3.8, 4) is 0 Å². The van der Waals surface area contributed by atoms with Gasteiger partial charge in [0.25, 0.3) is 0 Å². The number of rotatable bonds is 4. The van der Waals surface area contributed by atoms with Crippen molar-refractivity contribution in [1.82, 2.24) is 0 Å². The molecule has 1 aromatic carbocycles. The Labute approximate surface area is 118 Å². The molecule has 88 valence electrons. The molecule has 0 aliphatic carbocycles. The van der Waals surface area contributed by atoms with Crippen LogP contribution in [0.25, 0.3) is 3.58 Å². The van der Waals surface area contributed by atoms with E-state index in [1.165, 1.54) is 14.7 Å². The first kappa shape index (κ1) is 14.0. The van der Waals surface area contributed by atoms with Crippen LogP contribution in [0.2, 0.25) is 0 Å². The van der Waals surface area contributed by atoms with Gasteiger partial charge < -0.3 is 0 Å². The number of aryl methyl sites for hydroxylation is 1. The van der Waals surface area contributed by atoms with E-state index in [4.69, 9.17) is 0 Å². The van der Waals surface area contributed by atoms with Crippen molar-refractivity contribution in [2.24, 2.45) is 0 Å². The van der Waals surface area contributed by atoms with Gasteiger partial charge in [-0.3, -0.25) is 0 Å². The molecule has 0 aliphatic heterocycles. The van der Waals surface area contributed by atoms with Gasteiger partial charge in [0.05, 0.1) is 0 Å². The zero-order valence-corrected chi connectivity index (χ0v) is 12.4. The second kappa shape index (κ2) is 7.28. The molecular weight excluding hydrogens is 319 g/mol. The van der Waals surface area contributed by atoms with Crippen LogP contribution in [0.1, 0.15) is 18.1 Å². The van der Waals surface area contributed by atoms with Crippen molar-refractivity contribution >= 4 is 26.2 Å². The van der Waals surface area contributed by atoms with E-state index < -0.39 is 0 Å². The lowest BCUT2D eigenvalue weighted by Crippen LogP contribution is -1.79. The molecule has 0 saturated carbocycles. The van der Waals surface area contributed by atoms with E-state index in [1.807, 2.05) is 25.2 Å². The average molecular weight is 336 g/mol. The van der Waals surface area contributed by atoms with Crippen LogP contribution in [0, 0.1) is 6.92 Å². The first-order valence-corrected chi connectivity index (χ1v) is 6.65. The summed E-state index contributed by atoms with van der Waals surface area (Å²) < 4.78 is 1.23. The molecule has 0 aliphatic rings. The fourth-order valence-corrected chi connectivity index (χ4v) is 2.14. The summed E-state index contributed by atoms with van der Waals surface area (Å²) in [5.41, 5.74) is 3.69. The molecule has 0 fully saturated rings. The van der Waals surface area contributed by atoms with Crippen LogP contribution in [-0.2, 0) is 0 Å². The van der Waals surface area contributed by atoms with E-state index in [9.17, 15) is 0 Å². The third-order valence-corrected chi connectivity index (χ3v) is 3.22. The van der Waals surface area contributed by atoms with Gasteiger partial charge in [-0.2, -0.15) is 0 Å². The molecule has 0 bridgehead atoms. The largest absolute Gasteiger partial charge is 0.0990 e. The Morgan fingerprint density at radius 1 is 1.24 bits per heavy atom. The van der Waals surface area contributed by atoms with Crippen molar-refractivity contribution < 1.29 is 0 Å². The molecule has 0 heterocycles. The number of hydrogen-bond donors (Lipinski definition) is 0. The molecular formula is C16H17I. The fourth-order valence-electron chi connectivity index (χ4n) is 1.42. The minimum atomic E-state index is 1.16. The third-order valence-electron chi connectivity index (χ3n) is 2.29. The summed E-state index contributed by atoms with van der Waals surface area (Å²) in [4.78, 5) is 0. The minimum absolute atomic E-state index is 1.16. The second-order valence-corrected chi connectivity index (χ2v) is 4.92. The zero-order valence-electron chi connectivity index (χ0n) is 10.3. The summed E-state index contributed by atoms with van der Waals surface area (Å²) in [7, 11) is 0. The molecule has 1 heteroatoms. The number of benzene rings is 1. The maximum atomic E-state index is 3.73. The summed E-state index contributed by atoms with van der Waals surface area (Å²) in [6.45, 7) is 7.85. The molecule has 17 heavy (non-hydrogen) atoms. The van der Waals surface area contributed by atoms with E-state index in [2.05, 4.69) is 72.5 Å². The molecule has 0 nitrogen and oxygen atoms in total. The maximum absolute atomic E-state index is 3.73. The van der Waals surface area contributed by atoms with Gasteiger partial charge in [-0.05, 0) is 53.7 Å². The Balaban J connectivity index is 3.01. The maximum Gasteiger partial charge on any atom is 0.0208 e. The lowest BCUT2D eigenvalue weighted by molar-refractivity contribution is 1.46. The van der Waals surface area contributed by atoms with E-state index in [1.54, 1.807) is 0 Å². The van der Waals surface area contributed by atoms with Gasteiger partial charge in [0.2, 0.25) is 0 Å². The molecule has 0 N–H and O–H groups in total. The van der Waals surface area contributed by atoms with Gasteiger partial charge in [0.15, 0.2) is 0 Å². The summed E-state index contributed by atoms with van der Waals surface area (Å²) in [5.74, 6) is 0. The molecule has 0 aromatic heterocycles. The first-order valence-electron chi connectivity index (χ1n) is 5.57. The van der Waals surface area contributed by atoms with Gasteiger partial charge in [-0.15, -0.1) is 0 Å². The molecule has 0 radical (unpaired) electrons. The van der Waals surface area contributed by atoms with E-state index in [-0.39, 0.29) is 0 Å². The van der Waals surface area contributed by atoms with Crippen LogP contribution in [0.5, 0.6) is 0 Å². The Kier molecular flexibility index (Phi) is 5.98. The molecule has 0 saturated heterocycles. The topological polar surface area (TPSA) is 0 Å². The quantitative estimate of drug-likeness (QED) is 0.506. The highest BCUT2D eigenvalue weighted by Crippen LogP contribution is 2.24. The van der Waals surface area contributed by atoms with Crippen molar-refractivity contribution in [2.45, 2.75) is 13.8 Å². The van der Waals surface area contributed by atoms with Crippen molar-refractivity contribution in [2.75, 3.05) is 0 Å². The summed E-state index contributed by atoms with van der Waals surface area (Å²) in [5, 5.41) is 0. The van der Waals surface area contributed by atoms with Crippen LogP contribution >= 0.6 is 22.6 Å². The van der Waals surface area contributed by atoms with Crippen LogP contribution in [0.15, 0.2) is 66.8 Å². The second-order valence-electron chi connectivity index (χ2n) is 3.76. The van der Waals surface area contributed by atoms with E-state index in [0.29, 0.717) is 0 Å². The molecule has 0 spiro atoms. The fraction of sp³-hybridized carbons (Fsp3) is 0.125. The summed E-state index contributed by atoms with van der Waals surface area (Å²) in [6.07, 6.45) is 10.1. The van der Waals surface area contributed by atoms with Gasteiger partial charge in [-0.25, -0.2) is 0 Å². The highest BCUT2D eigenvalue weighted by atomic mass is 127. The number of hydrogen-bond acceptors (Lipinski definition) is 0. The summed E-state index contributed by atoms with van der Waals surface area (Å²) in [6, 6.07) is 8.56. The van der Waals surface area contributed by atoms with Gasteiger partial charge in [0, 0.05) is 3.58 Å². The predicted molar refractivity (Wildman–Crippen MR) is 86.3 cm³/mol. The highest BCUT2D eigenvalue weighted by Gasteiger charge is 1.97. The van der Waals surface area contributed by atoms with Gasteiger partial charge in [0.1, 0.15) is 0 Å². The van der Waals surface area contributed by atoms with Crippen LogP contribution in [0.3, 0.4) is 0 Å².